The number of benzene rings is 1. The lowest BCUT2D eigenvalue weighted by Gasteiger charge is -2.34. The number of carbonyl (C=O) groups excluding carboxylic acids is 2. The largest absolute Gasteiger partial charge is 0.393 e. The summed E-state index contributed by atoms with van der Waals surface area (Å²) in [6.45, 7) is 5.16. The van der Waals surface area contributed by atoms with E-state index in [0.717, 1.165) is 25.8 Å². The summed E-state index contributed by atoms with van der Waals surface area (Å²) in [6, 6.07) is 7.15. The molecule has 0 spiro atoms. The third kappa shape index (κ3) is 3.78. The molecule has 5 heteroatoms. The minimum atomic E-state index is -0.397. The molecule has 5 nitrogen and oxygen atoms in total. The molecule has 0 radical (unpaired) electrons. The second kappa shape index (κ2) is 6.93. The van der Waals surface area contributed by atoms with Crippen molar-refractivity contribution in [3.63, 3.8) is 0 Å². The second-order valence-corrected chi connectivity index (χ2v) is 7.28. The maximum atomic E-state index is 12.7. The van der Waals surface area contributed by atoms with E-state index in [0.29, 0.717) is 23.7 Å². The van der Waals surface area contributed by atoms with E-state index >= 15 is 0 Å². The van der Waals surface area contributed by atoms with E-state index in [1.807, 2.05) is 11.0 Å². The number of rotatable bonds is 4. The van der Waals surface area contributed by atoms with Gasteiger partial charge in [0.05, 0.1) is 6.10 Å². The number of nitrogens with zero attached hydrogens (tertiary/aromatic N) is 1. The van der Waals surface area contributed by atoms with Gasteiger partial charge in [0.2, 0.25) is 5.91 Å². The molecule has 2 fully saturated rings. The van der Waals surface area contributed by atoms with Crippen molar-refractivity contribution < 1.29 is 14.7 Å². The first kappa shape index (κ1) is 17.0. The van der Waals surface area contributed by atoms with Gasteiger partial charge in [-0.2, -0.15) is 0 Å². The Balaban J connectivity index is 1.66. The molecule has 1 aromatic rings. The van der Waals surface area contributed by atoms with E-state index in [1.165, 1.54) is 0 Å². The van der Waals surface area contributed by atoms with Crippen LogP contribution in [0.3, 0.4) is 0 Å². The Morgan fingerprint density at radius 3 is 2.79 bits per heavy atom. The fourth-order valence-electron chi connectivity index (χ4n) is 3.42. The second-order valence-electron chi connectivity index (χ2n) is 7.28. The van der Waals surface area contributed by atoms with Crippen LogP contribution in [-0.4, -0.2) is 41.0 Å². The molecule has 1 saturated carbocycles. The van der Waals surface area contributed by atoms with Gasteiger partial charge in [-0.3, -0.25) is 9.59 Å². The van der Waals surface area contributed by atoms with Crippen LogP contribution in [0.15, 0.2) is 24.3 Å². The summed E-state index contributed by atoms with van der Waals surface area (Å²) in [6.07, 6.45) is 2.42. The lowest BCUT2D eigenvalue weighted by molar-refractivity contribution is -0.117. The van der Waals surface area contributed by atoms with Gasteiger partial charge in [-0.15, -0.1) is 0 Å². The van der Waals surface area contributed by atoms with Gasteiger partial charge in [-0.25, -0.2) is 0 Å². The highest BCUT2D eigenvalue weighted by molar-refractivity contribution is 5.98. The fourth-order valence-corrected chi connectivity index (χ4v) is 3.42. The van der Waals surface area contributed by atoms with Crippen LogP contribution < -0.4 is 5.32 Å². The van der Waals surface area contributed by atoms with Crippen LogP contribution in [0, 0.1) is 17.8 Å². The number of likely N-dealkylation sites (tertiary alicyclic amines) is 1. The Hall–Kier alpha value is -1.88. The van der Waals surface area contributed by atoms with Crippen LogP contribution >= 0.6 is 0 Å². The van der Waals surface area contributed by atoms with Crippen molar-refractivity contribution in [1.82, 2.24) is 4.90 Å². The number of carbonyl (C=O) groups is 2. The molecule has 1 aliphatic carbocycles. The van der Waals surface area contributed by atoms with Gasteiger partial charge in [0, 0.05) is 36.2 Å². The quantitative estimate of drug-likeness (QED) is 0.891. The van der Waals surface area contributed by atoms with Crippen molar-refractivity contribution in [2.45, 2.75) is 39.2 Å². The zero-order valence-electron chi connectivity index (χ0n) is 14.4. The van der Waals surface area contributed by atoms with Crippen LogP contribution in [0.2, 0.25) is 0 Å². The Bertz CT molecular complexity index is 629. The van der Waals surface area contributed by atoms with Crippen molar-refractivity contribution in [3.8, 4) is 0 Å². The molecular weight excluding hydrogens is 304 g/mol. The molecule has 0 aromatic heterocycles. The van der Waals surface area contributed by atoms with E-state index < -0.39 is 6.10 Å². The van der Waals surface area contributed by atoms with Gasteiger partial charge in [0.15, 0.2) is 0 Å². The normalized spacial score (nSPS) is 27.5. The molecule has 24 heavy (non-hydrogen) atoms. The maximum Gasteiger partial charge on any atom is 0.253 e. The fraction of sp³-hybridized carbons (Fsp3) is 0.579. The first-order valence-electron chi connectivity index (χ1n) is 8.84. The van der Waals surface area contributed by atoms with Gasteiger partial charge < -0.3 is 15.3 Å². The molecule has 130 valence electrons. The first-order valence-corrected chi connectivity index (χ1v) is 8.84. The highest BCUT2D eigenvalue weighted by Gasteiger charge is 2.39. The molecule has 1 saturated heterocycles. The molecule has 2 amide bonds. The number of hydrogen-bond donors (Lipinski definition) is 2. The number of anilines is 1. The average Bonchev–Trinajstić information content (AvgIpc) is 3.31. The van der Waals surface area contributed by atoms with E-state index in [4.69, 9.17) is 0 Å². The molecule has 0 bridgehead atoms. The maximum absolute atomic E-state index is 12.7. The van der Waals surface area contributed by atoms with E-state index in [9.17, 15) is 14.7 Å². The highest BCUT2D eigenvalue weighted by atomic mass is 16.3. The van der Waals surface area contributed by atoms with Crippen molar-refractivity contribution >= 4 is 17.5 Å². The van der Waals surface area contributed by atoms with E-state index in [1.54, 1.807) is 25.1 Å². The summed E-state index contributed by atoms with van der Waals surface area (Å²) < 4.78 is 0. The third-order valence-corrected chi connectivity index (χ3v) is 5.25. The number of hydrogen-bond acceptors (Lipinski definition) is 3. The molecular formula is C19H26N2O3. The predicted octanol–water partition coefficient (Wildman–Crippen LogP) is 2.51. The summed E-state index contributed by atoms with van der Waals surface area (Å²) >= 11 is 0. The smallest absolute Gasteiger partial charge is 0.253 e. The number of nitrogens with one attached hydrogen (secondary N) is 1. The Kier molecular flexibility index (Phi) is 4.90. The van der Waals surface area contributed by atoms with Crippen molar-refractivity contribution in [1.29, 1.82) is 0 Å². The standard InChI is InChI=1S/C19H26N2O3/c1-12-9-17(12)18(23)20-16-7-3-5-14(10-16)19(24)21-8-4-6-15(11-21)13(2)22/h3,5,7,10,12-13,15,17,22H,4,6,8-9,11H2,1-2H3,(H,20,23). The number of amides is 2. The molecule has 1 heterocycles. The Labute approximate surface area is 143 Å². The minimum absolute atomic E-state index is 0.0313. The molecule has 2 aliphatic rings. The lowest BCUT2D eigenvalue weighted by Crippen LogP contribution is -2.42. The topological polar surface area (TPSA) is 69.6 Å². The Morgan fingerprint density at radius 1 is 1.38 bits per heavy atom. The van der Waals surface area contributed by atoms with E-state index in [2.05, 4.69) is 12.2 Å². The van der Waals surface area contributed by atoms with Crippen molar-refractivity contribution in [3.05, 3.63) is 29.8 Å². The van der Waals surface area contributed by atoms with Crippen molar-refractivity contribution in [2.24, 2.45) is 17.8 Å². The van der Waals surface area contributed by atoms with Gasteiger partial charge in [-0.1, -0.05) is 13.0 Å². The molecule has 3 rings (SSSR count). The predicted molar refractivity (Wildman–Crippen MR) is 92.7 cm³/mol. The molecule has 2 N–H and O–H groups in total. The van der Waals surface area contributed by atoms with Gasteiger partial charge in [0.25, 0.3) is 5.91 Å². The molecule has 1 aromatic carbocycles. The molecule has 4 unspecified atom stereocenters. The summed E-state index contributed by atoms with van der Waals surface area (Å²) in [7, 11) is 0. The Morgan fingerprint density at radius 2 is 2.12 bits per heavy atom. The first-order chi connectivity index (χ1) is 11.5. The third-order valence-electron chi connectivity index (χ3n) is 5.25. The summed E-state index contributed by atoms with van der Waals surface area (Å²) in [5.74, 6) is 0.719. The highest BCUT2D eigenvalue weighted by Crippen LogP contribution is 2.38. The van der Waals surface area contributed by atoms with Gasteiger partial charge >= 0.3 is 0 Å². The molecule has 4 atom stereocenters. The summed E-state index contributed by atoms with van der Waals surface area (Å²) in [5, 5.41) is 12.7. The number of aliphatic hydroxyl groups excluding tert-OH is 1. The van der Waals surface area contributed by atoms with E-state index in [-0.39, 0.29) is 23.7 Å². The SMILES string of the molecule is CC(O)C1CCCN(C(=O)c2cccc(NC(=O)C3CC3C)c2)C1. The summed E-state index contributed by atoms with van der Waals surface area (Å²) in [4.78, 5) is 26.6. The van der Waals surface area contributed by atoms with Gasteiger partial charge in [0.1, 0.15) is 0 Å². The van der Waals surface area contributed by atoms with Crippen LogP contribution in [-0.2, 0) is 4.79 Å². The van der Waals surface area contributed by atoms with Crippen LogP contribution in [0.25, 0.3) is 0 Å². The van der Waals surface area contributed by atoms with Crippen molar-refractivity contribution in [2.75, 3.05) is 18.4 Å². The zero-order valence-corrected chi connectivity index (χ0v) is 14.4. The number of piperidine rings is 1. The van der Waals surface area contributed by atoms with Gasteiger partial charge in [-0.05, 0) is 50.3 Å². The number of aliphatic hydroxyl groups is 1. The average molecular weight is 330 g/mol. The zero-order chi connectivity index (χ0) is 17.3. The minimum Gasteiger partial charge on any atom is -0.393 e. The summed E-state index contributed by atoms with van der Waals surface area (Å²) in [5.41, 5.74) is 1.26. The lowest BCUT2D eigenvalue weighted by atomic mass is 9.93. The molecule has 1 aliphatic heterocycles. The monoisotopic (exact) mass is 330 g/mol. The van der Waals surface area contributed by atoms with Crippen LogP contribution in [0.1, 0.15) is 43.5 Å². The van der Waals surface area contributed by atoms with Crippen LogP contribution in [0.4, 0.5) is 5.69 Å². The van der Waals surface area contributed by atoms with Crippen LogP contribution in [0.5, 0.6) is 0 Å².